The molecule has 1 rings (SSSR count). The van der Waals surface area contributed by atoms with Gasteiger partial charge in [-0.2, -0.15) is 0 Å². The summed E-state index contributed by atoms with van der Waals surface area (Å²) in [5.41, 5.74) is -0.430. The minimum Gasteiger partial charge on any atom is -0.444 e. The second-order valence-electron chi connectivity index (χ2n) is 6.01. The van der Waals surface area contributed by atoms with E-state index < -0.39 is 5.60 Å². The number of rotatable bonds is 4. The fourth-order valence-electron chi connectivity index (χ4n) is 1.76. The Morgan fingerprint density at radius 3 is 2.61 bits per heavy atom. The van der Waals surface area contributed by atoms with Crippen LogP contribution < -0.4 is 0 Å². The highest BCUT2D eigenvalue weighted by molar-refractivity contribution is 5.68. The Morgan fingerprint density at radius 1 is 1.39 bits per heavy atom. The van der Waals surface area contributed by atoms with Gasteiger partial charge in [0.1, 0.15) is 5.60 Å². The van der Waals surface area contributed by atoms with E-state index in [9.17, 15) is 4.79 Å². The molecule has 1 aliphatic rings. The van der Waals surface area contributed by atoms with E-state index in [1.807, 2.05) is 34.9 Å². The van der Waals surface area contributed by atoms with E-state index in [0.717, 1.165) is 19.5 Å². The monoisotopic (exact) mass is 258 g/mol. The van der Waals surface area contributed by atoms with Crippen LogP contribution in [0.1, 0.15) is 27.2 Å². The van der Waals surface area contributed by atoms with Gasteiger partial charge in [-0.05, 0) is 41.3 Å². The lowest BCUT2D eigenvalue weighted by atomic mass is 10.2. The van der Waals surface area contributed by atoms with Crippen molar-refractivity contribution in [3.05, 3.63) is 0 Å². The molecule has 106 valence electrons. The molecule has 0 aliphatic carbocycles. The van der Waals surface area contributed by atoms with Crippen molar-refractivity contribution in [2.24, 2.45) is 0 Å². The van der Waals surface area contributed by atoms with Gasteiger partial charge in [-0.15, -0.1) is 0 Å². The standard InChI is InChI=1S/C13H26N2O3/c1-13(2,3)18-12(16)15-7-6-11(10-15)17-9-8-14(4)5/h11H,6-10H2,1-5H3/t11-/m1/s1. The fourth-order valence-corrected chi connectivity index (χ4v) is 1.76. The zero-order valence-electron chi connectivity index (χ0n) is 12.2. The first kappa shape index (κ1) is 15.2. The summed E-state index contributed by atoms with van der Waals surface area (Å²) in [4.78, 5) is 15.6. The number of carbonyl (C=O) groups is 1. The van der Waals surface area contributed by atoms with Crippen molar-refractivity contribution in [2.45, 2.75) is 38.9 Å². The van der Waals surface area contributed by atoms with Gasteiger partial charge in [-0.3, -0.25) is 0 Å². The molecule has 18 heavy (non-hydrogen) atoms. The molecule has 0 unspecified atom stereocenters. The molecule has 0 spiro atoms. The van der Waals surface area contributed by atoms with E-state index in [1.165, 1.54) is 0 Å². The molecule has 0 saturated carbocycles. The van der Waals surface area contributed by atoms with Crippen LogP contribution in [0.5, 0.6) is 0 Å². The second-order valence-corrected chi connectivity index (χ2v) is 6.01. The van der Waals surface area contributed by atoms with E-state index in [0.29, 0.717) is 13.2 Å². The zero-order chi connectivity index (χ0) is 13.8. The van der Waals surface area contributed by atoms with E-state index in [1.54, 1.807) is 4.90 Å². The number of ether oxygens (including phenoxy) is 2. The number of hydrogen-bond donors (Lipinski definition) is 0. The van der Waals surface area contributed by atoms with Crippen molar-refractivity contribution in [1.29, 1.82) is 0 Å². The molecule has 1 aliphatic heterocycles. The van der Waals surface area contributed by atoms with Crippen LogP contribution >= 0.6 is 0 Å². The minimum absolute atomic E-state index is 0.150. The zero-order valence-corrected chi connectivity index (χ0v) is 12.2. The normalized spacial score (nSPS) is 20.6. The number of nitrogens with zero attached hydrogens (tertiary/aromatic N) is 2. The Kier molecular flexibility index (Phi) is 5.41. The van der Waals surface area contributed by atoms with Crippen LogP contribution in [-0.2, 0) is 9.47 Å². The molecule has 0 aromatic carbocycles. The van der Waals surface area contributed by atoms with Crippen LogP contribution in [0.3, 0.4) is 0 Å². The van der Waals surface area contributed by atoms with Gasteiger partial charge in [-0.25, -0.2) is 4.79 Å². The lowest BCUT2D eigenvalue weighted by molar-refractivity contribution is 0.0195. The summed E-state index contributed by atoms with van der Waals surface area (Å²) in [6.45, 7) is 8.62. The SMILES string of the molecule is CN(C)CCO[C@@H]1CCN(C(=O)OC(C)(C)C)C1. The highest BCUT2D eigenvalue weighted by atomic mass is 16.6. The molecule has 0 aromatic rings. The van der Waals surface area contributed by atoms with Crippen LogP contribution in [0.25, 0.3) is 0 Å². The molecule has 1 atom stereocenters. The van der Waals surface area contributed by atoms with Gasteiger partial charge in [-0.1, -0.05) is 0 Å². The number of carbonyl (C=O) groups excluding carboxylic acids is 1. The summed E-state index contributed by atoms with van der Waals surface area (Å²) < 4.78 is 11.1. The lowest BCUT2D eigenvalue weighted by Crippen LogP contribution is -2.36. The Labute approximate surface area is 110 Å². The van der Waals surface area contributed by atoms with Crippen LogP contribution in [0.4, 0.5) is 4.79 Å². The first-order chi connectivity index (χ1) is 8.28. The number of hydrogen-bond acceptors (Lipinski definition) is 4. The summed E-state index contributed by atoms with van der Waals surface area (Å²) in [6, 6.07) is 0. The van der Waals surface area contributed by atoms with Crippen molar-refractivity contribution < 1.29 is 14.3 Å². The Morgan fingerprint density at radius 2 is 2.06 bits per heavy atom. The maximum atomic E-state index is 11.8. The Bertz CT molecular complexity index is 274. The fraction of sp³-hybridized carbons (Fsp3) is 0.923. The van der Waals surface area contributed by atoms with Gasteiger partial charge < -0.3 is 19.3 Å². The van der Waals surface area contributed by atoms with E-state index >= 15 is 0 Å². The molecule has 5 nitrogen and oxygen atoms in total. The summed E-state index contributed by atoms with van der Waals surface area (Å²) in [7, 11) is 4.04. The molecular formula is C13H26N2O3. The largest absolute Gasteiger partial charge is 0.444 e. The molecule has 1 saturated heterocycles. The maximum absolute atomic E-state index is 11.8. The average Bonchev–Trinajstić information content (AvgIpc) is 2.63. The molecule has 5 heteroatoms. The third-order valence-electron chi connectivity index (χ3n) is 2.69. The van der Waals surface area contributed by atoms with Crippen molar-refractivity contribution in [2.75, 3.05) is 40.3 Å². The molecule has 0 bridgehead atoms. The van der Waals surface area contributed by atoms with Gasteiger partial charge in [0.25, 0.3) is 0 Å². The summed E-state index contributed by atoms with van der Waals surface area (Å²) in [5, 5.41) is 0. The third kappa shape index (κ3) is 5.69. The molecule has 1 fully saturated rings. The van der Waals surface area contributed by atoms with Crippen LogP contribution in [0, 0.1) is 0 Å². The molecule has 1 amide bonds. The van der Waals surface area contributed by atoms with Crippen molar-refractivity contribution >= 4 is 6.09 Å². The molecule has 0 aromatic heterocycles. The second kappa shape index (κ2) is 6.38. The van der Waals surface area contributed by atoms with Gasteiger partial charge in [0.15, 0.2) is 0 Å². The first-order valence-corrected chi connectivity index (χ1v) is 6.52. The molecule has 0 radical (unpaired) electrons. The van der Waals surface area contributed by atoms with Crippen LogP contribution in [-0.4, -0.2) is 67.9 Å². The average molecular weight is 258 g/mol. The van der Waals surface area contributed by atoms with E-state index in [-0.39, 0.29) is 12.2 Å². The molecule has 0 N–H and O–H groups in total. The molecular weight excluding hydrogens is 232 g/mol. The highest BCUT2D eigenvalue weighted by Crippen LogP contribution is 2.17. The van der Waals surface area contributed by atoms with Crippen molar-refractivity contribution in [3.63, 3.8) is 0 Å². The maximum Gasteiger partial charge on any atom is 0.410 e. The van der Waals surface area contributed by atoms with E-state index in [2.05, 4.69) is 4.90 Å². The third-order valence-corrected chi connectivity index (χ3v) is 2.69. The Hall–Kier alpha value is -0.810. The van der Waals surface area contributed by atoms with Crippen molar-refractivity contribution in [1.82, 2.24) is 9.80 Å². The first-order valence-electron chi connectivity index (χ1n) is 6.52. The van der Waals surface area contributed by atoms with Gasteiger partial charge >= 0.3 is 6.09 Å². The number of likely N-dealkylation sites (tertiary alicyclic amines) is 1. The number of amides is 1. The minimum atomic E-state index is -0.430. The van der Waals surface area contributed by atoms with Crippen LogP contribution in [0.2, 0.25) is 0 Å². The topological polar surface area (TPSA) is 42.0 Å². The van der Waals surface area contributed by atoms with Gasteiger partial charge in [0.05, 0.1) is 19.3 Å². The van der Waals surface area contributed by atoms with Gasteiger partial charge in [0.2, 0.25) is 0 Å². The van der Waals surface area contributed by atoms with E-state index in [4.69, 9.17) is 9.47 Å². The highest BCUT2D eigenvalue weighted by Gasteiger charge is 2.30. The lowest BCUT2D eigenvalue weighted by Gasteiger charge is -2.24. The predicted octanol–water partition coefficient (Wildman–Crippen LogP) is 1.57. The summed E-state index contributed by atoms with van der Waals surface area (Å²) >= 11 is 0. The summed E-state index contributed by atoms with van der Waals surface area (Å²) in [5.74, 6) is 0. The number of likely N-dealkylation sites (N-methyl/N-ethyl adjacent to an activating group) is 1. The van der Waals surface area contributed by atoms with Crippen molar-refractivity contribution in [3.8, 4) is 0 Å². The van der Waals surface area contributed by atoms with Crippen LogP contribution in [0.15, 0.2) is 0 Å². The molecule has 1 heterocycles. The smallest absolute Gasteiger partial charge is 0.410 e. The Balaban J connectivity index is 2.26. The predicted molar refractivity (Wildman–Crippen MR) is 70.7 cm³/mol. The summed E-state index contributed by atoms with van der Waals surface area (Å²) in [6.07, 6.45) is 0.811. The van der Waals surface area contributed by atoms with Gasteiger partial charge in [0, 0.05) is 13.1 Å². The quantitative estimate of drug-likeness (QED) is 0.767.